The molecule has 8 heteroatoms. The zero-order valence-electron chi connectivity index (χ0n) is 20.0. The lowest BCUT2D eigenvalue weighted by Gasteiger charge is -2.21. The van der Waals surface area contributed by atoms with Crippen molar-refractivity contribution in [1.82, 2.24) is 15.5 Å². The summed E-state index contributed by atoms with van der Waals surface area (Å²) in [4.78, 5) is 20.7. The van der Waals surface area contributed by atoms with Crippen LogP contribution in [0.1, 0.15) is 29.3 Å². The first-order valence-electron chi connectivity index (χ1n) is 11.2. The van der Waals surface area contributed by atoms with Gasteiger partial charge in [0, 0.05) is 45.8 Å². The Balaban J connectivity index is 0.00000385. The van der Waals surface area contributed by atoms with E-state index >= 15 is 0 Å². The van der Waals surface area contributed by atoms with Crippen LogP contribution >= 0.6 is 24.0 Å². The number of anilines is 1. The summed E-state index contributed by atoms with van der Waals surface area (Å²) in [5.41, 5.74) is 2.92. The van der Waals surface area contributed by atoms with Crippen molar-refractivity contribution in [2.45, 2.75) is 19.9 Å². The molecule has 1 aliphatic rings. The molecule has 0 bridgehead atoms. The quantitative estimate of drug-likeness (QED) is 0.291. The molecule has 1 saturated heterocycles. The number of hydrogen-bond acceptors (Lipinski definition) is 4. The second-order valence-electron chi connectivity index (χ2n) is 8.25. The van der Waals surface area contributed by atoms with Crippen LogP contribution in [0, 0.1) is 5.92 Å². The molecule has 0 spiro atoms. The van der Waals surface area contributed by atoms with Gasteiger partial charge in [0.25, 0.3) is 5.91 Å². The van der Waals surface area contributed by atoms with Crippen molar-refractivity contribution in [2.24, 2.45) is 10.9 Å². The second kappa shape index (κ2) is 13.3. The molecule has 0 aromatic heterocycles. The van der Waals surface area contributed by atoms with Crippen LogP contribution in [0.5, 0.6) is 5.75 Å². The van der Waals surface area contributed by atoms with E-state index < -0.39 is 0 Å². The Kier molecular flexibility index (Phi) is 10.8. The van der Waals surface area contributed by atoms with E-state index in [0.717, 1.165) is 55.6 Å². The van der Waals surface area contributed by atoms with Gasteiger partial charge in [0.15, 0.2) is 5.96 Å². The summed E-state index contributed by atoms with van der Waals surface area (Å²) in [5.74, 6) is 2.29. The van der Waals surface area contributed by atoms with Crippen LogP contribution < -0.4 is 20.3 Å². The number of amides is 1. The average Bonchev–Trinajstić information content (AvgIpc) is 3.29. The molecule has 7 nitrogen and oxygen atoms in total. The number of para-hydroxylation sites is 2. The van der Waals surface area contributed by atoms with Crippen molar-refractivity contribution < 1.29 is 9.53 Å². The first-order chi connectivity index (χ1) is 15.5. The van der Waals surface area contributed by atoms with E-state index in [0.29, 0.717) is 18.0 Å². The highest BCUT2D eigenvalue weighted by Gasteiger charge is 2.24. The van der Waals surface area contributed by atoms with Gasteiger partial charge in [-0.3, -0.25) is 4.79 Å². The monoisotopic (exact) mass is 565 g/mol. The van der Waals surface area contributed by atoms with E-state index in [9.17, 15) is 4.79 Å². The molecule has 1 aliphatic heterocycles. The van der Waals surface area contributed by atoms with Gasteiger partial charge in [-0.2, -0.15) is 0 Å². The minimum atomic E-state index is 0. The molecule has 2 N–H and O–H groups in total. The predicted molar refractivity (Wildman–Crippen MR) is 146 cm³/mol. The highest BCUT2D eigenvalue weighted by atomic mass is 127. The maximum absolute atomic E-state index is 12.0. The largest absolute Gasteiger partial charge is 0.495 e. The van der Waals surface area contributed by atoms with Gasteiger partial charge in [0.1, 0.15) is 5.75 Å². The van der Waals surface area contributed by atoms with Crippen LogP contribution in [0.15, 0.2) is 53.5 Å². The molecule has 1 unspecified atom stereocenters. The zero-order chi connectivity index (χ0) is 22.9. The Bertz CT molecular complexity index is 917. The number of benzene rings is 2. The molecule has 33 heavy (non-hydrogen) atoms. The van der Waals surface area contributed by atoms with Gasteiger partial charge in [-0.1, -0.05) is 24.3 Å². The Labute approximate surface area is 214 Å². The van der Waals surface area contributed by atoms with Gasteiger partial charge < -0.3 is 25.2 Å². The topological polar surface area (TPSA) is 69.2 Å². The molecule has 2 aromatic rings. The van der Waals surface area contributed by atoms with E-state index in [4.69, 9.17) is 9.73 Å². The standard InChI is InChI=1S/C25H35N5O2.HI/c1-5-26-25(27-16-19-10-12-21(13-11-19)24(31)29(2)3)28-17-20-14-15-30(18-20)22-8-6-7-9-23(22)32-4;/h6-13,20H,5,14-18H2,1-4H3,(H2,26,27,28);1H. The Morgan fingerprint density at radius 2 is 1.88 bits per heavy atom. The fourth-order valence-electron chi connectivity index (χ4n) is 3.87. The van der Waals surface area contributed by atoms with Crippen LogP contribution in [-0.2, 0) is 6.54 Å². The maximum atomic E-state index is 12.0. The number of aliphatic imine (C=N–C) groups is 1. The molecule has 3 rings (SSSR count). The fourth-order valence-corrected chi connectivity index (χ4v) is 3.87. The lowest BCUT2D eigenvalue weighted by Crippen LogP contribution is -2.40. The van der Waals surface area contributed by atoms with Crippen LogP contribution in [0.25, 0.3) is 0 Å². The molecule has 0 saturated carbocycles. The highest BCUT2D eigenvalue weighted by Crippen LogP contribution is 2.31. The van der Waals surface area contributed by atoms with Gasteiger partial charge in [-0.05, 0) is 49.1 Å². The predicted octanol–water partition coefficient (Wildman–Crippen LogP) is 3.60. The van der Waals surface area contributed by atoms with Crippen LogP contribution in [-0.4, -0.2) is 64.2 Å². The third-order valence-electron chi connectivity index (χ3n) is 5.64. The van der Waals surface area contributed by atoms with Crippen LogP contribution in [0.4, 0.5) is 5.69 Å². The summed E-state index contributed by atoms with van der Waals surface area (Å²) < 4.78 is 5.52. The number of guanidine groups is 1. The third-order valence-corrected chi connectivity index (χ3v) is 5.64. The number of ether oxygens (including phenoxy) is 1. The number of halogens is 1. The van der Waals surface area contributed by atoms with Crippen molar-refractivity contribution in [3.8, 4) is 5.75 Å². The molecule has 1 fully saturated rings. The molecule has 180 valence electrons. The van der Waals surface area contributed by atoms with Crippen LogP contribution in [0.2, 0.25) is 0 Å². The summed E-state index contributed by atoms with van der Waals surface area (Å²) in [6.45, 7) is 6.32. The Morgan fingerprint density at radius 1 is 1.15 bits per heavy atom. The van der Waals surface area contributed by atoms with Crippen molar-refractivity contribution in [2.75, 3.05) is 52.3 Å². The Morgan fingerprint density at radius 3 is 2.55 bits per heavy atom. The van der Waals surface area contributed by atoms with E-state index in [1.807, 2.05) is 36.4 Å². The van der Waals surface area contributed by atoms with Crippen molar-refractivity contribution in [1.29, 1.82) is 0 Å². The maximum Gasteiger partial charge on any atom is 0.253 e. The number of carbonyl (C=O) groups excluding carboxylic acids is 1. The molecule has 1 heterocycles. The molecule has 2 aromatic carbocycles. The van der Waals surface area contributed by atoms with Gasteiger partial charge >= 0.3 is 0 Å². The number of nitrogens with one attached hydrogen (secondary N) is 2. The number of methoxy groups -OCH3 is 1. The van der Waals surface area contributed by atoms with Gasteiger partial charge in [0.2, 0.25) is 0 Å². The lowest BCUT2D eigenvalue weighted by atomic mass is 10.1. The zero-order valence-corrected chi connectivity index (χ0v) is 22.3. The van der Waals surface area contributed by atoms with E-state index in [2.05, 4.69) is 34.6 Å². The summed E-state index contributed by atoms with van der Waals surface area (Å²) >= 11 is 0. The first kappa shape index (κ1) is 26.8. The summed E-state index contributed by atoms with van der Waals surface area (Å²) in [6, 6.07) is 15.8. The fraction of sp³-hybridized carbons (Fsp3) is 0.440. The molecule has 1 amide bonds. The summed E-state index contributed by atoms with van der Waals surface area (Å²) in [6.07, 6.45) is 1.13. The third kappa shape index (κ3) is 7.52. The van der Waals surface area contributed by atoms with Gasteiger partial charge in [0.05, 0.1) is 19.3 Å². The van der Waals surface area contributed by atoms with Crippen molar-refractivity contribution in [3.63, 3.8) is 0 Å². The minimum Gasteiger partial charge on any atom is -0.495 e. The molecular formula is C25H36IN5O2. The average molecular weight is 566 g/mol. The minimum absolute atomic E-state index is 0. The highest BCUT2D eigenvalue weighted by molar-refractivity contribution is 14.0. The molecule has 1 atom stereocenters. The van der Waals surface area contributed by atoms with Crippen molar-refractivity contribution in [3.05, 3.63) is 59.7 Å². The number of hydrogen-bond donors (Lipinski definition) is 2. The SMILES string of the molecule is CCNC(=NCc1ccc(C(=O)N(C)C)cc1)NCC1CCN(c2ccccc2OC)C1.I. The molecule has 0 aliphatic carbocycles. The van der Waals surface area contributed by atoms with E-state index in [-0.39, 0.29) is 29.9 Å². The summed E-state index contributed by atoms with van der Waals surface area (Å²) in [5, 5.41) is 6.83. The first-order valence-corrected chi connectivity index (χ1v) is 11.2. The number of carbonyl (C=O) groups is 1. The molecular weight excluding hydrogens is 529 g/mol. The van der Waals surface area contributed by atoms with Gasteiger partial charge in [-0.15, -0.1) is 24.0 Å². The summed E-state index contributed by atoms with van der Waals surface area (Å²) in [7, 11) is 5.24. The second-order valence-corrected chi connectivity index (χ2v) is 8.25. The van der Waals surface area contributed by atoms with E-state index in [1.54, 1.807) is 26.1 Å². The number of rotatable bonds is 8. The van der Waals surface area contributed by atoms with Crippen molar-refractivity contribution >= 4 is 41.5 Å². The normalized spacial score (nSPS) is 15.6. The smallest absolute Gasteiger partial charge is 0.253 e. The molecule has 0 radical (unpaired) electrons. The number of nitrogens with zero attached hydrogens (tertiary/aromatic N) is 3. The van der Waals surface area contributed by atoms with Gasteiger partial charge in [-0.25, -0.2) is 4.99 Å². The Hall–Kier alpha value is -2.49. The lowest BCUT2D eigenvalue weighted by molar-refractivity contribution is 0.0827. The van der Waals surface area contributed by atoms with Crippen LogP contribution in [0.3, 0.4) is 0 Å². The van der Waals surface area contributed by atoms with E-state index in [1.165, 1.54) is 0 Å².